The second-order valence-electron chi connectivity index (χ2n) is 9.56. The first-order chi connectivity index (χ1) is 16.1. The lowest BCUT2D eigenvalue weighted by atomic mass is 9.92. The summed E-state index contributed by atoms with van der Waals surface area (Å²) in [4.78, 5) is 28.2. The van der Waals surface area contributed by atoms with Gasteiger partial charge in [-0.1, -0.05) is 48.8 Å². The van der Waals surface area contributed by atoms with Crippen molar-refractivity contribution in [2.75, 3.05) is 23.4 Å². The molecule has 2 heterocycles. The Hall–Kier alpha value is -3.32. The summed E-state index contributed by atoms with van der Waals surface area (Å²) in [6, 6.07) is 12.5. The molecule has 7 nitrogen and oxygen atoms in total. The van der Waals surface area contributed by atoms with Gasteiger partial charge in [0.05, 0.1) is 16.1 Å². The Morgan fingerprint density at radius 3 is 2.68 bits per heavy atom. The molecule has 0 saturated heterocycles. The van der Waals surface area contributed by atoms with Gasteiger partial charge in [-0.2, -0.15) is 0 Å². The van der Waals surface area contributed by atoms with Crippen molar-refractivity contribution in [3.05, 3.63) is 58.8 Å². The molecule has 0 fully saturated rings. The fourth-order valence-corrected chi connectivity index (χ4v) is 4.17. The van der Waals surface area contributed by atoms with E-state index in [2.05, 4.69) is 24.3 Å². The molecule has 0 atom stereocenters. The van der Waals surface area contributed by atoms with Crippen LogP contribution in [0.5, 0.6) is 5.75 Å². The Morgan fingerprint density at radius 1 is 1.24 bits per heavy atom. The van der Waals surface area contributed by atoms with Crippen LogP contribution in [0.25, 0.3) is 11.3 Å². The Labute approximate surface area is 204 Å². The van der Waals surface area contributed by atoms with E-state index in [1.807, 2.05) is 32.0 Å². The average molecular weight is 482 g/mol. The lowest BCUT2D eigenvalue weighted by Gasteiger charge is -2.29. The van der Waals surface area contributed by atoms with Gasteiger partial charge in [0.2, 0.25) is 5.91 Å². The molecule has 2 amide bonds. The highest BCUT2D eigenvalue weighted by Crippen LogP contribution is 2.39. The van der Waals surface area contributed by atoms with Gasteiger partial charge in [0.1, 0.15) is 29.4 Å². The van der Waals surface area contributed by atoms with Gasteiger partial charge in [0.25, 0.3) is 5.91 Å². The number of hydrogen-bond acceptors (Lipinski definition) is 5. The number of rotatable bonds is 5. The van der Waals surface area contributed by atoms with Crippen LogP contribution >= 0.6 is 11.6 Å². The molecule has 1 aliphatic heterocycles. The van der Waals surface area contributed by atoms with E-state index in [1.54, 1.807) is 36.1 Å². The highest BCUT2D eigenvalue weighted by molar-refractivity contribution is 6.33. The molecule has 178 valence electrons. The number of aryl methyl sites for hydroxylation is 1. The molecule has 1 aromatic heterocycles. The van der Waals surface area contributed by atoms with E-state index in [0.29, 0.717) is 51.3 Å². The molecule has 1 N–H and O–H groups in total. The van der Waals surface area contributed by atoms with Crippen molar-refractivity contribution < 1.29 is 18.8 Å². The van der Waals surface area contributed by atoms with Gasteiger partial charge in [0.15, 0.2) is 0 Å². The molecule has 0 saturated carbocycles. The topological polar surface area (TPSA) is 84.7 Å². The summed E-state index contributed by atoms with van der Waals surface area (Å²) in [7, 11) is 0. The molecular formula is C26H28ClN3O4. The van der Waals surface area contributed by atoms with Crippen LogP contribution in [-0.4, -0.2) is 30.1 Å². The summed E-state index contributed by atoms with van der Waals surface area (Å²) >= 11 is 6.32. The van der Waals surface area contributed by atoms with Gasteiger partial charge < -0.3 is 19.5 Å². The van der Waals surface area contributed by atoms with Crippen molar-refractivity contribution in [1.82, 2.24) is 5.16 Å². The number of aromatic nitrogens is 1. The second-order valence-corrected chi connectivity index (χ2v) is 9.97. The normalized spacial score (nSPS) is 15.0. The standard InChI is InChI=1S/C26H28ClN3O4/c1-15(2)13-30-20-11-10-17(12-21(20)33-14-26(4,5)25(30)32)28-24(31)22-16(3)34-29-23(22)18-8-6-7-9-19(18)27/h6-12,15H,13-14H2,1-5H3,(H,28,31). The van der Waals surface area contributed by atoms with Crippen molar-refractivity contribution in [2.45, 2.75) is 34.6 Å². The number of nitrogens with one attached hydrogen (secondary N) is 1. The van der Waals surface area contributed by atoms with E-state index in [4.69, 9.17) is 20.9 Å². The van der Waals surface area contributed by atoms with Gasteiger partial charge in [-0.15, -0.1) is 0 Å². The van der Waals surface area contributed by atoms with E-state index >= 15 is 0 Å². The van der Waals surface area contributed by atoms with Crippen LogP contribution in [0, 0.1) is 18.3 Å². The zero-order chi connectivity index (χ0) is 24.6. The fourth-order valence-electron chi connectivity index (χ4n) is 3.94. The summed E-state index contributed by atoms with van der Waals surface area (Å²) in [6.07, 6.45) is 0. The third kappa shape index (κ3) is 4.53. The molecule has 0 radical (unpaired) electrons. The zero-order valence-electron chi connectivity index (χ0n) is 19.9. The molecular weight excluding hydrogens is 454 g/mol. The monoisotopic (exact) mass is 481 g/mol. The van der Waals surface area contributed by atoms with Crippen LogP contribution in [0.15, 0.2) is 47.0 Å². The van der Waals surface area contributed by atoms with E-state index in [0.717, 1.165) is 0 Å². The molecule has 0 unspecified atom stereocenters. The van der Waals surface area contributed by atoms with Crippen molar-refractivity contribution in [2.24, 2.45) is 11.3 Å². The van der Waals surface area contributed by atoms with Crippen molar-refractivity contribution in [1.29, 1.82) is 0 Å². The Morgan fingerprint density at radius 2 is 1.97 bits per heavy atom. The summed E-state index contributed by atoms with van der Waals surface area (Å²) in [5, 5.41) is 7.45. The maximum atomic E-state index is 13.2. The molecule has 8 heteroatoms. The third-order valence-electron chi connectivity index (χ3n) is 5.69. The molecule has 0 spiro atoms. The number of anilines is 2. The van der Waals surface area contributed by atoms with Crippen molar-refractivity contribution in [3.8, 4) is 17.0 Å². The zero-order valence-corrected chi connectivity index (χ0v) is 20.7. The minimum Gasteiger partial charge on any atom is -0.490 e. The van der Waals surface area contributed by atoms with Crippen LogP contribution in [0.3, 0.4) is 0 Å². The number of carbonyl (C=O) groups excluding carboxylic acids is 2. The molecule has 34 heavy (non-hydrogen) atoms. The number of benzene rings is 2. The predicted octanol–water partition coefficient (Wildman–Crippen LogP) is 5.96. The van der Waals surface area contributed by atoms with Gasteiger partial charge in [-0.25, -0.2) is 0 Å². The predicted molar refractivity (Wildman–Crippen MR) is 133 cm³/mol. The van der Waals surface area contributed by atoms with E-state index in [1.165, 1.54) is 0 Å². The van der Waals surface area contributed by atoms with E-state index < -0.39 is 5.41 Å². The van der Waals surface area contributed by atoms with Crippen molar-refractivity contribution in [3.63, 3.8) is 0 Å². The maximum absolute atomic E-state index is 13.2. The number of hydrogen-bond donors (Lipinski definition) is 1. The maximum Gasteiger partial charge on any atom is 0.261 e. The summed E-state index contributed by atoms with van der Waals surface area (Å²) in [5.41, 5.74) is 1.86. The second kappa shape index (κ2) is 9.14. The molecule has 2 aromatic carbocycles. The largest absolute Gasteiger partial charge is 0.490 e. The van der Waals surface area contributed by atoms with E-state index in [9.17, 15) is 9.59 Å². The highest BCUT2D eigenvalue weighted by Gasteiger charge is 2.38. The van der Waals surface area contributed by atoms with Gasteiger partial charge in [0, 0.05) is 23.9 Å². The van der Waals surface area contributed by atoms with Gasteiger partial charge >= 0.3 is 0 Å². The summed E-state index contributed by atoms with van der Waals surface area (Å²) in [6.45, 7) is 10.4. The Bertz CT molecular complexity index is 1250. The highest BCUT2D eigenvalue weighted by atomic mass is 35.5. The minimum atomic E-state index is -0.666. The first-order valence-electron chi connectivity index (χ1n) is 11.2. The number of carbonyl (C=O) groups is 2. The summed E-state index contributed by atoms with van der Waals surface area (Å²) < 4.78 is 11.3. The molecule has 0 bridgehead atoms. The van der Waals surface area contributed by atoms with Crippen LogP contribution in [0.2, 0.25) is 5.02 Å². The molecule has 1 aliphatic rings. The smallest absolute Gasteiger partial charge is 0.261 e. The lowest BCUT2D eigenvalue weighted by molar-refractivity contribution is -0.127. The quantitative estimate of drug-likeness (QED) is 0.485. The lowest BCUT2D eigenvalue weighted by Crippen LogP contribution is -2.43. The van der Waals surface area contributed by atoms with Crippen LogP contribution in [0.4, 0.5) is 11.4 Å². The number of nitrogens with zero attached hydrogens (tertiary/aromatic N) is 2. The van der Waals surface area contributed by atoms with E-state index in [-0.39, 0.29) is 24.3 Å². The SMILES string of the molecule is Cc1onc(-c2ccccc2Cl)c1C(=O)Nc1ccc2c(c1)OCC(C)(C)C(=O)N2CC(C)C. The third-order valence-corrected chi connectivity index (χ3v) is 6.02. The number of fused-ring (bicyclic) bond motifs is 1. The average Bonchev–Trinajstić information content (AvgIpc) is 3.13. The first kappa shape index (κ1) is 23.8. The van der Waals surface area contributed by atoms with Crippen LogP contribution in [-0.2, 0) is 4.79 Å². The summed E-state index contributed by atoms with van der Waals surface area (Å²) in [5.74, 6) is 0.850. The van der Waals surface area contributed by atoms with Crippen LogP contribution in [0.1, 0.15) is 43.8 Å². The Balaban J connectivity index is 1.66. The molecule has 4 rings (SSSR count). The van der Waals surface area contributed by atoms with Crippen molar-refractivity contribution >= 4 is 34.8 Å². The van der Waals surface area contributed by atoms with Crippen LogP contribution < -0.4 is 15.0 Å². The fraction of sp³-hybridized carbons (Fsp3) is 0.346. The Kier molecular flexibility index (Phi) is 6.41. The number of amides is 2. The van der Waals surface area contributed by atoms with Gasteiger partial charge in [-0.05, 0) is 44.9 Å². The first-order valence-corrected chi connectivity index (χ1v) is 11.6. The molecule has 0 aliphatic carbocycles. The number of ether oxygens (including phenoxy) is 1. The number of halogens is 1. The minimum absolute atomic E-state index is 0.0150. The molecule has 3 aromatic rings. The van der Waals surface area contributed by atoms with Gasteiger partial charge in [-0.3, -0.25) is 9.59 Å².